The molecule has 9 heteroatoms. The molecular formula is C28H22Cl3NO5. The fourth-order valence-electron chi connectivity index (χ4n) is 4.15. The molecular weight excluding hydrogens is 537 g/mol. The van der Waals surface area contributed by atoms with Crippen molar-refractivity contribution in [1.82, 2.24) is 0 Å². The number of carbonyl (C=O) groups is 4. The van der Waals surface area contributed by atoms with Gasteiger partial charge in [0.2, 0.25) is 11.7 Å². The van der Waals surface area contributed by atoms with E-state index in [4.69, 9.17) is 39.5 Å². The number of carbonyl (C=O) groups excluding carboxylic acids is 4. The zero-order chi connectivity index (χ0) is 26.5. The van der Waals surface area contributed by atoms with E-state index in [1.54, 1.807) is 66.7 Å². The van der Waals surface area contributed by atoms with Crippen molar-refractivity contribution in [2.45, 2.75) is 18.9 Å². The van der Waals surface area contributed by atoms with Gasteiger partial charge in [0.1, 0.15) is 0 Å². The summed E-state index contributed by atoms with van der Waals surface area (Å²) in [7, 11) is 0. The van der Waals surface area contributed by atoms with E-state index in [1.165, 1.54) is 11.0 Å². The number of alkyl halides is 1. The summed E-state index contributed by atoms with van der Waals surface area (Å²) < 4.78 is 5.55. The molecule has 190 valence electrons. The van der Waals surface area contributed by atoms with Crippen molar-refractivity contribution in [3.05, 3.63) is 99.5 Å². The fourth-order valence-corrected chi connectivity index (χ4v) is 4.64. The van der Waals surface area contributed by atoms with E-state index in [-0.39, 0.29) is 42.5 Å². The third-order valence-electron chi connectivity index (χ3n) is 6.04. The highest BCUT2D eigenvalue weighted by atomic mass is 35.5. The van der Waals surface area contributed by atoms with Crippen molar-refractivity contribution in [2.75, 3.05) is 17.3 Å². The van der Waals surface area contributed by atoms with E-state index in [9.17, 15) is 19.2 Å². The first-order chi connectivity index (χ1) is 17.8. The standard InChI is InChI=1S/C28H22Cl3NO5/c29-13-12-24(27(35)18-6-8-20(30)9-7-18)37-28(36)19-14-25(33)32(16-19)23-11-10-21(31)15-22(23)26(34)17-4-2-1-3-5-17/h1-11,15,19,24H,12-14,16H2/t19-,24+/m1/s1. The number of ketones is 2. The van der Waals surface area contributed by atoms with Crippen LogP contribution in [0.4, 0.5) is 5.69 Å². The lowest BCUT2D eigenvalue weighted by molar-refractivity contribution is -0.151. The number of halogens is 3. The molecule has 1 amide bonds. The molecule has 0 bridgehead atoms. The molecule has 3 aromatic rings. The number of ether oxygens (including phenoxy) is 1. The number of hydrogen-bond acceptors (Lipinski definition) is 5. The van der Waals surface area contributed by atoms with Crippen molar-refractivity contribution in [1.29, 1.82) is 0 Å². The second-order valence-corrected chi connectivity index (χ2v) is 9.79. The quantitative estimate of drug-likeness (QED) is 0.183. The van der Waals surface area contributed by atoms with Crippen molar-refractivity contribution in [2.24, 2.45) is 5.92 Å². The summed E-state index contributed by atoms with van der Waals surface area (Å²) in [5.74, 6) is -2.45. The molecule has 4 rings (SSSR count). The van der Waals surface area contributed by atoms with Crippen LogP contribution < -0.4 is 4.90 Å². The second kappa shape index (κ2) is 11.9. The molecule has 0 aromatic heterocycles. The minimum atomic E-state index is -1.10. The van der Waals surface area contributed by atoms with E-state index in [0.717, 1.165) is 0 Å². The molecule has 1 fully saturated rings. The van der Waals surface area contributed by atoms with Crippen LogP contribution in [0.1, 0.15) is 39.1 Å². The first kappa shape index (κ1) is 26.9. The minimum Gasteiger partial charge on any atom is -0.454 e. The van der Waals surface area contributed by atoms with Gasteiger partial charge in [-0.15, -0.1) is 11.6 Å². The minimum absolute atomic E-state index is 0.00288. The highest BCUT2D eigenvalue weighted by Gasteiger charge is 2.39. The number of benzene rings is 3. The van der Waals surface area contributed by atoms with Crippen LogP contribution >= 0.6 is 34.8 Å². The molecule has 1 saturated heterocycles. The van der Waals surface area contributed by atoms with Crippen LogP contribution in [0.15, 0.2) is 72.8 Å². The number of rotatable bonds is 9. The van der Waals surface area contributed by atoms with Gasteiger partial charge in [0, 0.05) is 52.0 Å². The van der Waals surface area contributed by atoms with Gasteiger partial charge < -0.3 is 9.64 Å². The van der Waals surface area contributed by atoms with Gasteiger partial charge in [0.15, 0.2) is 11.9 Å². The van der Waals surface area contributed by atoms with E-state index in [0.29, 0.717) is 26.9 Å². The Kier molecular flexibility index (Phi) is 8.64. The molecule has 0 saturated carbocycles. The van der Waals surface area contributed by atoms with Gasteiger partial charge in [-0.3, -0.25) is 19.2 Å². The molecule has 1 aliphatic rings. The molecule has 0 unspecified atom stereocenters. The Bertz CT molecular complexity index is 1330. The number of hydrogen-bond donors (Lipinski definition) is 0. The molecule has 6 nitrogen and oxygen atoms in total. The Hall–Kier alpha value is -3.19. The van der Waals surface area contributed by atoms with Crippen LogP contribution in [0.2, 0.25) is 10.0 Å². The molecule has 0 radical (unpaired) electrons. The predicted molar refractivity (Wildman–Crippen MR) is 143 cm³/mol. The molecule has 3 aromatic carbocycles. The second-order valence-electron chi connectivity index (χ2n) is 8.54. The SMILES string of the molecule is O=C(c1ccccc1)c1cc(Cl)ccc1N1C[C@H](C(=O)O[C@@H](CCCl)C(=O)c2ccc(Cl)cc2)CC1=O. The summed E-state index contributed by atoms with van der Waals surface area (Å²) in [6.45, 7) is -0.00288. The number of amides is 1. The van der Waals surface area contributed by atoms with Crippen LogP contribution in [0, 0.1) is 5.92 Å². The van der Waals surface area contributed by atoms with Gasteiger partial charge in [0.05, 0.1) is 11.6 Å². The molecule has 1 aliphatic heterocycles. The zero-order valence-electron chi connectivity index (χ0n) is 19.5. The molecule has 37 heavy (non-hydrogen) atoms. The maximum absolute atomic E-state index is 13.2. The number of anilines is 1. The fraction of sp³-hybridized carbons (Fsp3) is 0.214. The summed E-state index contributed by atoms with van der Waals surface area (Å²) in [6, 6.07) is 19.5. The molecule has 0 spiro atoms. The Morgan fingerprint density at radius 3 is 2.27 bits per heavy atom. The molecule has 0 N–H and O–H groups in total. The Balaban J connectivity index is 1.53. The molecule has 1 heterocycles. The Morgan fingerprint density at radius 2 is 1.59 bits per heavy atom. The smallest absolute Gasteiger partial charge is 0.312 e. The Labute approximate surface area is 229 Å². The van der Waals surface area contributed by atoms with Crippen LogP contribution in [0.25, 0.3) is 0 Å². The lowest BCUT2D eigenvalue weighted by atomic mass is 10.0. The van der Waals surface area contributed by atoms with Gasteiger partial charge in [-0.05, 0) is 42.5 Å². The van der Waals surface area contributed by atoms with Crippen LogP contribution in [0.3, 0.4) is 0 Å². The van der Waals surface area contributed by atoms with Gasteiger partial charge in [-0.2, -0.15) is 0 Å². The monoisotopic (exact) mass is 557 g/mol. The first-order valence-electron chi connectivity index (χ1n) is 11.5. The zero-order valence-corrected chi connectivity index (χ0v) is 21.8. The van der Waals surface area contributed by atoms with Crippen molar-refractivity contribution in [3.63, 3.8) is 0 Å². The normalized spacial score (nSPS) is 15.9. The number of Topliss-reactive ketones (excluding diaryl/α,β-unsaturated/α-hetero) is 1. The maximum Gasteiger partial charge on any atom is 0.312 e. The van der Waals surface area contributed by atoms with Crippen molar-refractivity contribution >= 4 is 63.9 Å². The summed E-state index contributed by atoms with van der Waals surface area (Å²) in [6.07, 6.45) is -1.10. The highest BCUT2D eigenvalue weighted by molar-refractivity contribution is 6.31. The average Bonchev–Trinajstić information content (AvgIpc) is 3.30. The van der Waals surface area contributed by atoms with Gasteiger partial charge in [-0.25, -0.2) is 0 Å². The Morgan fingerprint density at radius 1 is 0.919 bits per heavy atom. The van der Waals surface area contributed by atoms with Gasteiger partial charge in [-0.1, -0.05) is 53.5 Å². The topological polar surface area (TPSA) is 80.8 Å². The van der Waals surface area contributed by atoms with E-state index < -0.39 is 23.8 Å². The van der Waals surface area contributed by atoms with Crippen LogP contribution in [-0.4, -0.2) is 42.0 Å². The average molecular weight is 559 g/mol. The van der Waals surface area contributed by atoms with Crippen molar-refractivity contribution in [3.8, 4) is 0 Å². The summed E-state index contributed by atoms with van der Waals surface area (Å²) in [5, 5.41) is 0.814. The summed E-state index contributed by atoms with van der Waals surface area (Å²) in [4.78, 5) is 53.5. The van der Waals surface area contributed by atoms with Crippen LogP contribution in [-0.2, 0) is 14.3 Å². The van der Waals surface area contributed by atoms with Gasteiger partial charge >= 0.3 is 5.97 Å². The maximum atomic E-state index is 13.2. The predicted octanol–water partition coefficient (Wildman–Crippen LogP) is 6.00. The largest absolute Gasteiger partial charge is 0.454 e. The number of nitrogens with zero attached hydrogens (tertiary/aromatic N) is 1. The third-order valence-corrected chi connectivity index (χ3v) is 6.74. The lowest BCUT2D eigenvalue weighted by Gasteiger charge is -2.21. The summed E-state index contributed by atoms with van der Waals surface area (Å²) >= 11 is 17.9. The van der Waals surface area contributed by atoms with E-state index >= 15 is 0 Å². The van der Waals surface area contributed by atoms with E-state index in [1.807, 2.05) is 0 Å². The number of esters is 1. The third kappa shape index (κ3) is 6.21. The van der Waals surface area contributed by atoms with Crippen molar-refractivity contribution < 1.29 is 23.9 Å². The summed E-state index contributed by atoms with van der Waals surface area (Å²) in [5.41, 5.74) is 1.38. The molecule has 0 aliphatic carbocycles. The highest BCUT2D eigenvalue weighted by Crippen LogP contribution is 2.32. The van der Waals surface area contributed by atoms with Gasteiger partial charge in [0.25, 0.3) is 0 Å². The first-order valence-corrected chi connectivity index (χ1v) is 12.8. The lowest BCUT2D eigenvalue weighted by Crippen LogP contribution is -2.32. The molecule has 2 atom stereocenters. The van der Waals surface area contributed by atoms with E-state index in [2.05, 4.69) is 0 Å². The van der Waals surface area contributed by atoms with Crippen LogP contribution in [0.5, 0.6) is 0 Å².